The van der Waals surface area contributed by atoms with Crippen molar-refractivity contribution in [2.24, 2.45) is 17.8 Å². The Morgan fingerprint density at radius 2 is 1.33 bits per heavy atom. The fourth-order valence-electron chi connectivity index (χ4n) is 7.01. The third-order valence-electron chi connectivity index (χ3n) is 8.66. The number of benzene rings is 3. The van der Waals surface area contributed by atoms with E-state index in [4.69, 9.17) is 4.74 Å². The number of likely N-dealkylation sites (tertiary alicyclic amines) is 1. The Morgan fingerprint density at radius 3 is 1.81 bits per heavy atom. The van der Waals surface area contributed by atoms with E-state index in [1.165, 1.54) is 13.0 Å². The number of rotatable bonds is 8. The summed E-state index contributed by atoms with van der Waals surface area (Å²) in [5.74, 6) is -4.05. The molecule has 2 bridgehead atoms. The van der Waals surface area contributed by atoms with Crippen molar-refractivity contribution in [2.45, 2.75) is 45.1 Å². The van der Waals surface area contributed by atoms with Crippen LogP contribution in [0.25, 0.3) is 0 Å². The Labute approximate surface area is 244 Å². The van der Waals surface area contributed by atoms with Gasteiger partial charge in [0.2, 0.25) is 11.8 Å². The SMILES string of the molecule is CC(=O)c1cccc(NC(=O)COC(=O)[C@@H](CC(C)C)N2C(=O)[C@@H]3C4c5ccccc5C(c5ccccc54)[C@@H]3C2=O)c1. The summed E-state index contributed by atoms with van der Waals surface area (Å²) in [6, 6.07) is 21.3. The lowest BCUT2D eigenvalue weighted by Gasteiger charge is -2.45. The number of esters is 1. The largest absolute Gasteiger partial charge is 0.454 e. The lowest BCUT2D eigenvalue weighted by atomic mass is 9.55. The van der Waals surface area contributed by atoms with Crippen LogP contribution in [0, 0.1) is 17.8 Å². The molecule has 0 spiro atoms. The van der Waals surface area contributed by atoms with Crippen molar-refractivity contribution in [3.63, 3.8) is 0 Å². The normalized spacial score (nSPS) is 22.3. The third kappa shape index (κ3) is 4.51. The smallest absolute Gasteiger partial charge is 0.329 e. The molecule has 3 amide bonds. The van der Waals surface area contributed by atoms with Crippen LogP contribution in [0.3, 0.4) is 0 Å². The van der Waals surface area contributed by atoms with Crippen LogP contribution < -0.4 is 5.32 Å². The van der Waals surface area contributed by atoms with Crippen molar-refractivity contribution in [1.82, 2.24) is 4.90 Å². The molecular formula is C34H32N2O6. The molecule has 1 heterocycles. The van der Waals surface area contributed by atoms with E-state index in [1.807, 2.05) is 62.4 Å². The van der Waals surface area contributed by atoms with Gasteiger partial charge in [-0.25, -0.2) is 4.79 Å². The molecule has 1 fully saturated rings. The second-order valence-electron chi connectivity index (χ2n) is 11.7. The van der Waals surface area contributed by atoms with Gasteiger partial charge in [-0.2, -0.15) is 0 Å². The van der Waals surface area contributed by atoms with Gasteiger partial charge in [-0.15, -0.1) is 0 Å². The summed E-state index contributed by atoms with van der Waals surface area (Å²) in [6.07, 6.45) is 0.216. The topological polar surface area (TPSA) is 110 Å². The summed E-state index contributed by atoms with van der Waals surface area (Å²) < 4.78 is 5.41. The maximum atomic E-state index is 14.1. The van der Waals surface area contributed by atoms with Gasteiger partial charge in [0.1, 0.15) is 6.04 Å². The Morgan fingerprint density at radius 1 is 0.810 bits per heavy atom. The minimum atomic E-state index is -1.14. The quantitative estimate of drug-likeness (QED) is 0.242. The number of amides is 3. The highest BCUT2D eigenvalue weighted by molar-refractivity contribution is 6.10. The average Bonchev–Trinajstić information content (AvgIpc) is 3.24. The van der Waals surface area contributed by atoms with Crippen LogP contribution in [0.4, 0.5) is 5.69 Å². The van der Waals surface area contributed by atoms with Crippen molar-refractivity contribution >= 4 is 35.2 Å². The van der Waals surface area contributed by atoms with E-state index in [1.54, 1.807) is 18.2 Å². The predicted octanol–water partition coefficient (Wildman–Crippen LogP) is 4.68. The number of carbonyl (C=O) groups is 5. The van der Waals surface area contributed by atoms with Crippen LogP contribution in [0.2, 0.25) is 0 Å². The highest BCUT2D eigenvalue weighted by atomic mass is 16.5. The van der Waals surface area contributed by atoms with Crippen LogP contribution in [-0.2, 0) is 23.9 Å². The number of anilines is 1. The summed E-state index contributed by atoms with van der Waals surface area (Å²) in [6.45, 7) is 4.64. The van der Waals surface area contributed by atoms with E-state index < -0.39 is 36.4 Å². The third-order valence-corrected chi connectivity index (χ3v) is 8.66. The second kappa shape index (κ2) is 10.7. The Bertz CT molecular complexity index is 1510. The molecule has 42 heavy (non-hydrogen) atoms. The van der Waals surface area contributed by atoms with Gasteiger partial charge in [-0.3, -0.25) is 24.1 Å². The van der Waals surface area contributed by atoms with Crippen molar-refractivity contribution in [2.75, 3.05) is 11.9 Å². The van der Waals surface area contributed by atoms with Crippen molar-refractivity contribution in [3.8, 4) is 0 Å². The molecule has 1 N–H and O–H groups in total. The lowest BCUT2D eigenvalue weighted by molar-refractivity contribution is -0.160. The standard InChI is InChI=1S/C34H32N2O6/c1-18(2)15-26(34(41)42-17-27(38)35-21-10-8-9-20(16-21)19(3)37)36-32(39)30-28-22-11-4-5-12-23(22)29(31(30)33(36)40)25-14-7-6-13-24(25)28/h4-14,16,18,26,28-31H,15,17H2,1-3H3,(H,35,38)/t26-,28?,29?,30-,31+/m1/s1. The minimum Gasteiger partial charge on any atom is -0.454 e. The minimum absolute atomic E-state index is 0.0277. The first kappa shape index (κ1) is 27.6. The molecule has 3 aliphatic carbocycles. The maximum absolute atomic E-state index is 14.1. The van der Waals surface area contributed by atoms with E-state index in [0.717, 1.165) is 27.2 Å². The molecule has 3 aromatic rings. The molecule has 0 aromatic heterocycles. The maximum Gasteiger partial charge on any atom is 0.329 e. The molecule has 4 aliphatic rings. The molecule has 8 nitrogen and oxygen atoms in total. The molecule has 8 heteroatoms. The number of nitrogens with zero attached hydrogens (tertiary/aromatic N) is 1. The highest BCUT2D eigenvalue weighted by Gasteiger charge is 2.63. The summed E-state index contributed by atoms with van der Waals surface area (Å²) in [4.78, 5) is 67.2. The molecule has 1 saturated heterocycles. The summed E-state index contributed by atoms with van der Waals surface area (Å²) in [5.41, 5.74) is 5.05. The van der Waals surface area contributed by atoms with Gasteiger partial charge in [0, 0.05) is 23.1 Å². The number of ether oxygens (including phenoxy) is 1. The van der Waals surface area contributed by atoms with E-state index in [9.17, 15) is 24.0 Å². The molecule has 7 rings (SSSR count). The van der Waals surface area contributed by atoms with E-state index in [-0.39, 0.29) is 41.8 Å². The molecule has 3 atom stereocenters. The number of imide groups is 1. The van der Waals surface area contributed by atoms with Crippen LogP contribution in [0.5, 0.6) is 0 Å². The summed E-state index contributed by atoms with van der Waals surface area (Å²) in [5, 5.41) is 2.62. The number of carbonyl (C=O) groups excluding carboxylic acids is 5. The van der Waals surface area contributed by atoms with E-state index in [2.05, 4.69) is 5.32 Å². The Kier molecular flexibility index (Phi) is 7.01. The lowest BCUT2D eigenvalue weighted by Crippen LogP contribution is -2.47. The first-order valence-corrected chi connectivity index (χ1v) is 14.3. The fourth-order valence-corrected chi connectivity index (χ4v) is 7.01. The fraction of sp³-hybridized carbons (Fsp3) is 0.324. The molecule has 0 saturated carbocycles. The summed E-state index contributed by atoms with van der Waals surface area (Å²) >= 11 is 0. The van der Waals surface area contributed by atoms with Crippen LogP contribution >= 0.6 is 0 Å². The zero-order chi connectivity index (χ0) is 29.7. The van der Waals surface area contributed by atoms with Gasteiger partial charge in [0.05, 0.1) is 11.8 Å². The van der Waals surface area contributed by atoms with Crippen LogP contribution in [0.1, 0.15) is 71.6 Å². The number of ketones is 1. The van der Waals surface area contributed by atoms with Crippen LogP contribution in [-0.4, -0.2) is 47.0 Å². The molecule has 3 aromatic carbocycles. The van der Waals surface area contributed by atoms with Gasteiger partial charge in [0.15, 0.2) is 12.4 Å². The van der Waals surface area contributed by atoms with Gasteiger partial charge >= 0.3 is 5.97 Å². The first-order chi connectivity index (χ1) is 20.2. The van der Waals surface area contributed by atoms with Gasteiger partial charge in [-0.05, 0) is 53.6 Å². The number of hydrogen-bond donors (Lipinski definition) is 1. The molecule has 1 aliphatic heterocycles. The Balaban J connectivity index is 1.25. The monoisotopic (exact) mass is 564 g/mol. The average molecular weight is 565 g/mol. The predicted molar refractivity (Wildman–Crippen MR) is 155 cm³/mol. The van der Waals surface area contributed by atoms with Crippen LogP contribution in [0.15, 0.2) is 72.8 Å². The van der Waals surface area contributed by atoms with Gasteiger partial charge < -0.3 is 10.1 Å². The molecular weight excluding hydrogens is 532 g/mol. The number of Topliss-reactive ketones (excluding diaryl/α,β-unsaturated/α-hetero) is 1. The number of hydrogen-bond acceptors (Lipinski definition) is 6. The van der Waals surface area contributed by atoms with Crippen molar-refractivity contribution < 1.29 is 28.7 Å². The van der Waals surface area contributed by atoms with Gasteiger partial charge in [0.25, 0.3) is 5.91 Å². The van der Waals surface area contributed by atoms with Gasteiger partial charge in [-0.1, -0.05) is 74.5 Å². The number of nitrogens with one attached hydrogen (secondary N) is 1. The van der Waals surface area contributed by atoms with E-state index >= 15 is 0 Å². The van der Waals surface area contributed by atoms with E-state index in [0.29, 0.717) is 11.3 Å². The second-order valence-corrected chi connectivity index (χ2v) is 11.7. The van der Waals surface area contributed by atoms with Crippen molar-refractivity contribution in [1.29, 1.82) is 0 Å². The Hall–Kier alpha value is -4.59. The highest BCUT2D eigenvalue weighted by Crippen LogP contribution is 2.61. The first-order valence-electron chi connectivity index (χ1n) is 14.3. The molecule has 0 radical (unpaired) electrons. The zero-order valence-electron chi connectivity index (χ0n) is 23.7. The zero-order valence-corrected chi connectivity index (χ0v) is 23.7. The van der Waals surface area contributed by atoms with Crippen molar-refractivity contribution in [3.05, 3.63) is 101 Å². The molecule has 0 unspecified atom stereocenters. The summed E-state index contributed by atoms with van der Waals surface area (Å²) in [7, 11) is 0. The molecule has 214 valence electrons.